The maximum atomic E-state index is 5.72. The Hall–Kier alpha value is -0.820. The molecule has 1 aliphatic rings. The quantitative estimate of drug-likeness (QED) is 0.659. The van der Waals surface area contributed by atoms with Crippen LogP contribution in [-0.2, 0) is 4.74 Å². The molecule has 0 aromatic heterocycles. The molecular formula is C13H18O. The number of ether oxygens (including phenoxy) is 1. The number of hydrogen-bond donors (Lipinski definition) is 0. The summed E-state index contributed by atoms with van der Waals surface area (Å²) < 4.78 is 5.72. The van der Waals surface area contributed by atoms with E-state index >= 15 is 0 Å². The molecule has 2 rings (SSSR count). The third kappa shape index (κ3) is 2.16. The number of rotatable bonds is 1. The highest BCUT2D eigenvalue weighted by Crippen LogP contribution is 2.35. The van der Waals surface area contributed by atoms with Crippen molar-refractivity contribution in [2.75, 3.05) is 6.61 Å². The van der Waals surface area contributed by atoms with Crippen molar-refractivity contribution in [3.8, 4) is 0 Å². The van der Waals surface area contributed by atoms with Crippen molar-refractivity contribution in [3.05, 3.63) is 35.9 Å². The first kappa shape index (κ1) is 9.72. The lowest BCUT2D eigenvalue weighted by atomic mass is 9.84. The van der Waals surface area contributed by atoms with E-state index in [0.717, 1.165) is 19.4 Å². The van der Waals surface area contributed by atoms with Gasteiger partial charge in [-0.05, 0) is 38.2 Å². The zero-order chi connectivity index (χ0) is 10.0. The molecule has 1 atom stereocenters. The van der Waals surface area contributed by atoms with Gasteiger partial charge in [-0.3, -0.25) is 0 Å². The topological polar surface area (TPSA) is 9.23 Å². The molecule has 1 heteroatoms. The summed E-state index contributed by atoms with van der Waals surface area (Å²) in [5.74, 6) is 0.681. The minimum Gasteiger partial charge on any atom is -0.376 e. The maximum absolute atomic E-state index is 5.72. The summed E-state index contributed by atoms with van der Waals surface area (Å²) in [6.07, 6.45) is 2.30. The van der Waals surface area contributed by atoms with Crippen LogP contribution in [0.25, 0.3) is 0 Å². The van der Waals surface area contributed by atoms with Crippen LogP contribution in [0, 0.1) is 0 Å². The molecule has 1 fully saturated rings. The molecule has 0 amide bonds. The van der Waals surface area contributed by atoms with Crippen molar-refractivity contribution < 1.29 is 4.74 Å². The van der Waals surface area contributed by atoms with Gasteiger partial charge in [-0.2, -0.15) is 0 Å². The van der Waals surface area contributed by atoms with E-state index in [1.807, 2.05) is 0 Å². The Labute approximate surface area is 86.1 Å². The second kappa shape index (κ2) is 3.74. The Balaban J connectivity index is 2.12. The first-order valence-corrected chi connectivity index (χ1v) is 5.36. The lowest BCUT2D eigenvalue weighted by Gasteiger charge is -2.35. The molecule has 14 heavy (non-hydrogen) atoms. The van der Waals surface area contributed by atoms with Crippen LogP contribution in [0.3, 0.4) is 0 Å². The molecule has 1 aromatic carbocycles. The molecule has 1 aromatic rings. The van der Waals surface area contributed by atoms with Crippen LogP contribution in [0.4, 0.5) is 0 Å². The molecule has 76 valence electrons. The molecule has 0 aliphatic carbocycles. The first-order valence-electron chi connectivity index (χ1n) is 5.36. The van der Waals surface area contributed by atoms with E-state index in [1.165, 1.54) is 5.56 Å². The Bertz CT molecular complexity index is 289. The monoisotopic (exact) mass is 190 g/mol. The average molecular weight is 190 g/mol. The molecule has 0 saturated carbocycles. The Morgan fingerprint density at radius 1 is 1.21 bits per heavy atom. The van der Waals surface area contributed by atoms with Gasteiger partial charge >= 0.3 is 0 Å². The second-order valence-corrected chi connectivity index (χ2v) is 4.71. The summed E-state index contributed by atoms with van der Waals surface area (Å²) in [6.45, 7) is 5.26. The Morgan fingerprint density at radius 3 is 2.57 bits per heavy atom. The van der Waals surface area contributed by atoms with Crippen LogP contribution in [0.5, 0.6) is 0 Å². The molecular weight excluding hydrogens is 172 g/mol. The molecule has 0 radical (unpaired) electrons. The van der Waals surface area contributed by atoms with Crippen molar-refractivity contribution in [1.82, 2.24) is 0 Å². The molecule has 0 spiro atoms. The van der Waals surface area contributed by atoms with Gasteiger partial charge in [-0.15, -0.1) is 0 Å². The van der Waals surface area contributed by atoms with Gasteiger partial charge in [0.15, 0.2) is 0 Å². The van der Waals surface area contributed by atoms with E-state index in [9.17, 15) is 0 Å². The maximum Gasteiger partial charge on any atom is 0.0632 e. The van der Waals surface area contributed by atoms with E-state index in [0.29, 0.717) is 5.92 Å². The SMILES string of the molecule is CC1(C)CC(c2ccccc2)CCO1. The number of benzene rings is 1. The highest BCUT2D eigenvalue weighted by Gasteiger charge is 2.29. The summed E-state index contributed by atoms with van der Waals surface area (Å²) in [7, 11) is 0. The van der Waals surface area contributed by atoms with Crippen molar-refractivity contribution in [1.29, 1.82) is 0 Å². The van der Waals surface area contributed by atoms with Crippen LogP contribution < -0.4 is 0 Å². The van der Waals surface area contributed by atoms with Gasteiger partial charge in [-0.25, -0.2) is 0 Å². The van der Waals surface area contributed by atoms with Crippen molar-refractivity contribution >= 4 is 0 Å². The fourth-order valence-electron chi connectivity index (χ4n) is 2.24. The summed E-state index contributed by atoms with van der Waals surface area (Å²) in [4.78, 5) is 0. The Morgan fingerprint density at radius 2 is 1.93 bits per heavy atom. The largest absolute Gasteiger partial charge is 0.376 e. The summed E-state index contributed by atoms with van der Waals surface area (Å²) in [5, 5.41) is 0. The van der Waals surface area contributed by atoms with Crippen molar-refractivity contribution in [2.45, 2.75) is 38.2 Å². The predicted molar refractivity (Wildman–Crippen MR) is 58.4 cm³/mol. The molecule has 1 saturated heterocycles. The third-order valence-electron chi connectivity index (χ3n) is 2.97. The van der Waals surface area contributed by atoms with Crippen molar-refractivity contribution in [2.24, 2.45) is 0 Å². The zero-order valence-electron chi connectivity index (χ0n) is 8.99. The van der Waals surface area contributed by atoms with Crippen molar-refractivity contribution in [3.63, 3.8) is 0 Å². The lowest BCUT2D eigenvalue weighted by Crippen LogP contribution is -2.32. The van der Waals surface area contributed by atoms with Crippen LogP contribution in [0.2, 0.25) is 0 Å². The molecule has 1 heterocycles. The standard InChI is InChI=1S/C13H18O/c1-13(2)10-12(8-9-14-13)11-6-4-3-5-7-11/h3-7,12H,8-10H2,1-2H3. The van der Waals surface area contributed by atoms with Gasteiger partial charge in [0.05, 0.1) is 5.60 Å². The highest BCUT2D eigenvalue weighted by molar-refractivity contribution is 5.20. The molecule has 1 nitrogen and oxygen atoms in total. The van der Waals surface area contributed by atoms with Gasteiger partial charge in [-0.1, -0.05) is 30.3 Å². The van der Waals surface area contributed by atoms with E-state index in [-0.39, 0.29) is 5.60 Å². The number of hydrogen-bond acceptors (Lipinski definition) is 1. The summed E-state index contributed by atoms with van der Waals surface area (Å²) in [5.41, 5.74) is 1.52. The normalized spacial score (nSPS) is 26.0. The zero-order valence-corrected chi connectivity index (χ0v) is 8.99. The van der Waals surface area contributed by atoms with Gasteiger partial charge in [0.25, 0.3) is 0 Å². The highest BCUT2D eigenvalue weighted by atomic mass is 16.5. The minimum atomic E-state index is 0.0543. The molecule has 1 unspecified atom stereocenters. The third-order valence-corrected chi connectivity index (χ3v) is 2.97. The van der Waals surface area contributed by atoms with Gasteiger partial charge in [0.1, 0.15) is 0 Å². The Kier molecular flexibility index (Phi) is 2.60. The predicted octanol–water partition coefficient (Wildman–Crippen LogP) is 3.36. The van der Waals surface area contributed by atoms with Crippen LogP contribution >= 0.6 is 0 Å². The summed E-state index contributed by atoms with van der Waals surface area (Å²) in [6, 6.07) is 10.8. The van der Waals surface area contributed by atoms with Crippen LogP contribution in [0.15, 0.2) is 30.3 Å². The molecule has 0 bridgehead atoms. The van der Waals surface area contributed by atoms with E-state index in [4.69, 9.17) is 4.74 Å². The van der Waals surface area contributed by atoms with Crippen LogP contribution in [-0.4, -0.2) is 12.2 Å². The first-order chi connectivity index (χ1) is 6.67. The van der Waals surface area contributed by atoms with Gasteiger partial charge < -0.3 is 4.74 Å². The minimum absolute atomic E-state index is 0.0543. The van der Waals surface area contributed by atoms with E-state index < -0.39 is 0 Å². The van der Waals surface area contributed by atoms with Gasteiger partial charge in [0.2, 0.25) is 0 Å². The summed E-state index contributed by atoms with van der Waals surface area (Å²) >= 11 is 0. The average Bonchev–Trinajstić information content (AvgIpc) is 2.18. The van der Waals surface area contributed by atoms with E-state index in [2.05, 4.69) is 44.2 Å². The second-order valence-electron chi connectivity index (χ2n) is 4.71. The van der Waals surface area contributed by atoms with Gasteiger partial charge in [0, 0.05) is 6.61 Å². The lowest BCUT2D eigenvalue weighted by molar-refractivity contribution is -0.0593. The van der Waals surface area contributed by atoms with Crippen LogP contribution in [0.1, 0.15) is 38.2 Å². The van der Waals surface area contributed by atoms with E-state index in [1.54, 1.807) is 0 Å². The molecule has 0 N–H and O–H groups in total. The smallest absolute Gasteiger partial charge is 0.0632 e. The fourth-order valence-corrected chi connectivity index (χ4v) is 2.24. The fraction of sp³-hybridized carbons (Fsp3) is 0.538. The molecule has 1 aliphatic heterocycles.